The fourth-order valence-corrected chi connectivity index (χ4v) is 15.2. The predicted molar refractivity (Wildman–Crippen MR) is 266 cm³/mol. The molecular weight excluding hydrogens is 969 g/mol. The molecule has 2 spiro atoms. The number of ether oxygens (including phenoxy) is 6. The molecular formula is C56H80N4O15. The standard InChI is InChI=1S/C56H80N4O15/c1-32-17-19-39-34(3)49(68-51-55(39)37(32)23-25-53(5,70-51)72-74-55)66-30-28-59(29-31-67-50-35(4)40-20-18-33(2)38-24-26-54(6)71-52(69-50)56(38,40)75-73-54)44(62)16-11-9-7-8-10-12-27-57-41-15-13-14-36-45(41)48(65)60(47(36)64)42-21-22-43(61)58-46(42)63/h13-15,32-35,37-40,42,49-52,57H,7-12,16-31H2,1-6H3,(H,58,61,63)/t32-,33-,34-,35-,37?,38?,39?,40?,42?,49+,50+,51-,52-,53-,54-,55-,56-/m1/s1. The van der Waals surface area contributed by atoms with E-state index in [4.69, 9.17) is 48.0 Å². The van der Waals surface area contributed by atoms with Crippen molar-refractivity contribution >= 4 is 35.2 Å². The molecule has 0 aromatic heterocycles. The number of nitrogens with zero attached hydrogens (tertiary/aromatic N) is 2. The van der Waals surface area contributed by atoms with Crippen LogP contribution in [0.25, 0.3) is 0 Å². The molecule has 414 valence electrons. The second kappa shape index (κ2) is 21.2. The SMILES string of the molecule is C[C@@H]1CCC2[C@@H](C)[C@@H](OCCN(CCO[C@H]3O[C@@H]4O[C@@]5(C)CCC6[C@H](C)CCC([C@H]3C)[C@]64OO5)C(=O)CCCCCCCCNc3cccc4c3C(=O)N(C3CCC(=O)NC3=O)C4=O)O[C@@H]3O[C@@]4(C)CCC1[C@@]23OO4. The average molecular weight is 1050 g/mol. The van der Waals surface area contributed by atoms with Crippen LogP contribution < -0.4 is 10.6 Å². The van der Waals surface area contributed by atoms with Gasteiger partial charge in [-0.05, 0) is 107 Å². The number of amides is 5. The van der Waals surface area contributed by atoms with E-state index in [1.807, 2.05) is 18.7 Å². The second-order valence-corrected chi connectivity index (χ2v) is 24.1. The summed E-state index contributed by atoms with van der Waals surface area (Å²) in [5, 5.41) is 5.58. The van der Waals surface area contributed by atoms with Crippen LogP contribution in [0.4, 0.5) is 5.69 Å². The van der Waals surface area contributed by atoms with Gasteiger partial charge in [0.05, 0.1) is 24.3 Å². The maximum absolute atomic E-state index is 14.2. The number of unbranched alkanes of at least 4 members (excludes halogenated alkanes) is 5. The van der Waals surface area contributed by atoms with Crippen LogP contribution in [0.3, 0.4) is 0 Å². The smallest absolute Gasteiger partial charge is 0.264 e. The highest BCUT2D eigenvalue weighted by Gasteiger charge is 2.71. The predicted octanol–water partition coefficient (Wildman–Crippen LogP) is 7.51. The van der Waals surface area contributed by atoms with Gasteiger partial charge in [-0.15, -0.1) is 0 Å². The van der Waals surface area contributed by atoms with Crippen LogP contribution in [0.1, 0.15) is 171 Å². The molecule has 2 aliphatic carbocycles. The Kier molecular flexibility index (Phi) is 15.1. The average Bonchev–Trinajstić information content (AvgIpc) is 3.65. The lowest BCUT2D eigenvalue weighted by Gasteiger charge is -2.60. The number of imide groups is 2. The van der Waals surface area contributed by atoms with Crippen molar-refractivity contribution in [2.24, 2.45) is 47.3 Å². The Morgan fingerprint density at radius 3 is 1.83 bits per heavy atom. The summed E-state index contributed by atoms with van der Waals surface area (Å²) in [5.74, 6) is -2.14. The van der Waals surface area contributed by atoms with Crippen molar-refractivity contribution in [1.82, 2.24) is 15.1 Å². The molecule has 10 heterocycles. The zero-order chi connectivity index (χ0) is 52.4. The van der Waals surface area contributed by atoms with E-state index < -0.39 is 77.6 Å². The van der Waals surface area contributed by atoms with E-state index in [0.29, 0.717) is 43.6 Å². The number of rotatable bonds is 19. The summed E-state index contributed by atoms with van der Waals surface area (Å²) in [6.07, 6.45) is 11.1. The zero-order valence-electron chi connectivity index (χ0n) is 44.8. The third-order valence-electron chi connectivity index (χ3n) is 19.4. The highest BCUT2D eigenvalue weighted by Crippen LogP contribution is 2.62. The quantitative estimate of drug-likeness (QED) is 0.0781. The molecule has 19 heteroatoms. The molecule has 12 aliphatic rings. The summed E-state index contributed by atoms with van der Waals surface area (Å²) in [6, 6.07) is 4.08. The summed E-state index contributed by atoms with van der Waals surface area (Å²) >= 11 is 0. The lowest BCUT2D eigenvalue weighted by molar-refractivity contribution is -0.577. The number of hydrogen-bond donors (Lipinski definition) is 2. The molecule has 4 bridgehead atoms. The maximum Gasteiger partial charge on any atom is 0.264 e. The maximum atomic E-state index is 14.2. The summed E-state index contributed by atoms with van der Waals surface area (Å²) in [4.78, 5) is 92.9. The minimum atomic E-state index is -1.01. The van der Waals surface area contributed by atoms with Crippen LogP contribution in [0, 0.1) is 47.3 Å². The van der Waals surface area contributed by atoms with Crippen LogP contribution in [0.2, 0.25) is 0 Å². The van der Waals surface area contributed by atoms with E-state index in [2.05, 4.69) is 38.3 Å². The molecule has 1 aromatic rings. The molecule has 5 unspecified atom stereocenters. The van der Waals surface area contributed by atoms with Crippen molar-refractivity contribution in [2.75, 3.05) is 38.2 Å². The normalized spacial score (nSPS) is 41.6. The Morgan fingerprint density at radius 1 is 0.693 bits per heavy atom. The van der Waals surface area contributed by atoms with Gasteiger partial charge in [-0.1, -0.05) is 59.4 Å². The van der Waals surface area contributed by atoms with Crippen LogP contribution in [-0.4, -0.2) is 126 Å². The number of benzene rings is 1. The number of carbonyl (C=O) groups is 5. The van der Waals surface area contributed by atoms with Gasteiger partial charge >= 0.3 is 0 Å². The zero-order valence-corrected chi connectivity index (χ0v) is 44.8. The molecule has 0 radical (unpaired) electrons. The number of hydrogen-bond acceptors (Lipinski definition) is 16. The van der Waals surface area contributed by atoms with E-state index in [9.17, 15) is 24.0 Å². The van der Waals surface area contributed by atoms with E-state index in [1.54, 1.807) is 18.2 Å². The van der Waals surface area contributed by atoms with Gasteiger partial charge in [0.2, 0.25) is 29.3 Å². The first kappa shape index (κ1) is 53.4. The van der Waals surface area contributed by atoms with Crippen molar-refractivity contribution in [3.05, 3.63) is 29.3 Å². The Hall–Kier alpha value is -3.63. The number of fused-ring (bicyclic) bond motifs is 5. The highest BCUT2D eigenvalue weighted by atomic mass is 17.3. The van der Waals surface area contributed by atoms with Crippen LogP contribution in [0.5, 0.6) is 0 Å². The van der Waals surface area contributed by atoms with E-state index in [1.165, 1.54) is 0 Å². The topological polar surface area (TPSA) is 208 Å². The summed E-state index contributed by atoms with van der Waals surface area (Å²) in [5.41, 5.74) is -0.310. The molecule has 2 saturated carbocycles. The van der Waals surface area contributed by atoms with E-state index in [0.717, 1.165) is 94.8 Å². The summed E-state index contributed by atoms with van der Waals surface area (Å²) < 4.78 is 39.8. The molecule has 75 heavy (non-hydrogen) atoms. The van der Waals surface area contributed by atoms with Crippen molar-refractivity contribution in [1.29, 1.82) is 0 Å². The first-order valence-corrected chi connectivity index (χ1v) is 28.6. The highest BCUT2D eigenvalue weighted by molar-refractivity contribution is 6.25. The van der Waals surface area contributed by atoms with Gasteiger partial charge in [-0.2, -0.15) is 0 Å². The van der Waals surface area contributed by atoms with Gasteiger partial charge in [0.25, 0.3) is 11.8 Å². The molecule has 19 nitrogen and oxygen atoms in total. The van der Waals surface area contributed by atoms with Gasteiger partial charge in [0.1, 0.15) is 6.04 Å². The Morgan fingerprint density at radius 2 is 1.25 bits per heavy atom. The van der Waals surface area contributed by atoms with Crippen LogP contribution >= 0.6 is 0 Å². The Bertz CT molecular complexity index is 2260. The number of carbonyl (C=O) groups excluding carboxylic acids is 5. The summed E-state index contributed by atoms with van der Waals surface area (Å²) in [6.45, 7) is 14.7. The lowest BCUT2D eigenvalue weighted by Crippen LogP contribution is -2.70. The second-order valence-electron chi connectivity index (χ2n) is 24.1. The van der Waals surface area contributed by atoms with E-state index in [-0.39, 0.29) is 78.6 Å². The Labute approximate surface area is 440 Å². The van der Waals surface area contributed by atoms with Gasteiger partial charge in [0.15, 0.2) is 36.4 Å². The fraction of sp³-hybridized carbons (Fsp3) is 0.804. The van der Waals surface area contributed by atoms with Gasteiger partial charge in [0, 0.05) is 74.7 Å². The van der Waals surface area contributed by atoms with Gasteiger partial charge in [-0.25, -0.2) is 19.6 Å². The molecule has 17 atom stereocenters. The minimum absolute atomic E-state index is 0.00892. The molecule has 9 saturated heterocycles. The number of anilines is 1. The first-order valence-electron chi connectivity index (χ1n) is 28.6. The van der Waals surface area contributed by atoms with Gasteiger partial charge in [-0.3, -0.25) is 34.2 Å². The third kappa shape index (κ3) is 9.57. The van der Waals surface area contributed by atoms with Crippen LogP contribution in [0.15, 0.2) is 18.2 Å². The van der Waals surface area contributed by atoms with Crippen molar-refractivity contribution in [3.63, 3.8) is 0 Å². The number of nitrogens with one attached hydrogen (secondary N) is 2. The monoisotopic (exact) mass is 1050 g/mol. The first-order chi connectivity index (χ1) is 36.1. The van der Waals surface area contributed by atoms with Gasteiger partial charge < -0.3 is 38.6 Å². The van der Waals surface area contributed by atoms with Crippen molar-refractivity contribution in [3.8, 4) is 0 Å². The largest absolute Gasteiger partial charge is 0.384 e. The summed E-state index contributed by atoms with van der Waals surface area (Å²) in [7, 11) is 0. The lowest BCUT2D eigenvalue weighted by atomic mass is 9.58. The molecule has 11 fully saturated rings. The molecule has 10 aliphatic heterocycles. The Balaban J connectivity index is 0.678. The van der Waals surface area contributed by atoms with Crippen molar-refractivity contribution < 1.29 is 71.9 Å². The molecule has 2 N–H and O–H groups in total. The molecule has 5 amide bonds. The minimum Gasteiger partial charge on any atom is -0.384 e. The van der Waals surface area contributed by atoms with E-state index >= 15 is 0 Å². The van der Waals surface area contributed by atoms with Crippen molar-refractivity contribution in [2.45, 2.75) is 205 Å². The molecule has 1 aromatic carbocycles. The fourth-order valence-electron chi connectivity index (χ4n) is 15.2. The molecule has 13 rings (SSSR count). The third-order valence-corrected chi connectivity index (χ3v) is 19.4. The number of piperidine rings is 1. The van der Waals surface area contributed by atoms with Crippen LogP contribution in [-0.2, 0) is 62.4 Å².